The number of hydrogen-bond acceptors (Lipinski definition) is 2. The first kappa shape index (κ1) is 38.7. The first-order valence-electron chi connectivity index (χ1n) is 24.8. The van der Waals surface area contributed by atoms with Gasteiger partial charge in [-0.05, 0) is 136 Å². The van der Waals surface area contributed by atoms with Crippen LogP contribution in [0.5, 0.6) is 0 Å². The molecule has 326 valence electrons. The SMILES string of the molecule is c1ccc([Si](c2ccccc2)(c2ccccc2)c2cc(-n3c4ccccc4c4ccc(N5c6ccccc6C6(c7ccccc75)C5CC7CC(C5)CC6C7)cc43)cc3c2oc2ccccc23)cc1. The van der Waals surface area contributed by atoms with Crippen LogP contribution in [0.4, 0.5) is 17.1 Å². The monoisotopic (exact) mass is 890 g/mol. The van der Waals surface area contributed by atoms with Gasteiger partial charge in [0.15, 0.2) is 8.07 Å². The molecule has 4 bridgehead atoms. The minimum atomic E-state index is -3.07. The maximum absolute atomic E-state index is 7.17. The molecule has 3 heterocycles. The lowest BCUT2D eigenvalue weighted by molar-refractivity contribution is -0.0419. The standard InChI is InChI=1S/C64H50N2OSi/c1-4-18-48(19-5-1)68(49-20-6-2-7-21-49,50-22-8-3-9-23-50)62-41-47(39-54-53-25-11-17-31-61(53)67-63(54)62)66-57-28-14-10-24-51(57)52-33-32-46(40-60(52)66)65-58-29-15-12-26-55(58)64(56-27-13-16-30-59(56)65)44-35-42-34-43(37-44)38-45(64)36-42/h1-33,39-45H,34-38H2. The Morgan fingerprint density at radius 2 is 0.926 bits per heavy atom. The molecule has 0 saturated heterocycles. The number of anilines is 3. The first-order valence-corrected chi connectivity index (χ1v) is 26.8. The van der Waals surface area contributed by atoms with Gasteiger partial charge in [0.05, 0.1) is 22.4 Å². The van der Waals surface area contributed by atoms with Crippen molar-refractivity contribution < 1.29 is 4.42 Å². The molecule has 0 radical (unpaired) electrons. The molecule has 9 aromatic carbocycles. The summed E-state index contributed by atoms with van der Waals surface area (Å²) in [5.41, 5.74) is 12.4. The van der Waals surface area contributed by atoms with Crippen LogP contribution >= 0.6 is 0 Å². The molecule has 1 spiro atoms. The molecule has 0 N–H and O–H groups in total. The van der Waals surface area contributed by atoms with Crippen molar-refractivity contribution in [2.75, 3.05) is 4.90 Å². The van der Waals surface area contributed by atoms with E-state index in [0.29, 0.717) is 11.8 Å². The molecule has 0 unspecified atom stereocenters. The van der Waals surface area contributed by atoms with E-state index < -0.39 is 8.07 Å². The summed E-state index contributed by atoms with van der Waals surface area (Å²) in [6, 6.07) is 82.6. The average molecular weight is 891 g/mol. The second kappa shape index (κ2) is 14.5. The van der Waals surface area contributed by atoms with Gasteiger partial charge in [0, 0.05) is 38.3 Å². The van der Waals surface area contributed by atoms with E-state index in [1.807, 2.05) is 0 Å². The third kappa shape index (κ3) is 5.19. The summed E-state index contributed by atoms with van der Waals surface area (Å²) in [4.78, 5) is 2.61. The second-order valence-electron chi connectivity index (χ2n) is 20.4. The van der Waals surface area contributed by atoms with Crippen molar-refractivity contribution in [2.24, 2.45) is 23.7 Å². The van der Waals surface area contributed by atoms with Gasteiger partial charge in [-0.3, -0.25) is 0 Å². The zero-order valence-electron chi connectivity index (χ0n) is 37.9. The van der Waals surface area contributed by atoms with Gasteiger partial charge in [-0.1, -0.05) is 170 Å². The number of furan rings is 1. The molecule has 0 atom stereocenters. The van der Waals surface area contributed by atoms with E-state index in [2.05, 4.69) is 228 Å². The average Bonchev–Trinajstić information content (AvgIpc) is 3.94. The number of nitrogens with zero attached hydrogens (tertiary/aromatic N) is 2. The maximum Gasteiger partial charge on any atom is 0.184 e. The lowest BCUT2D eigenvalue weighted by atomic mass is 9.41. The zero-order valence-corrected chi connectivity index (χ0v) is 38.9. The summed E-state index contributed by atoms with van der Waals surface area (Å²) in [6.07, 6.45) is 6.91. The van der Waals surface area contributed by atoms with Crippen LogP contribution in [0.1, 0.15) is 43.2 Å². The maximum atomic E-state index is 7.17. The number of benzene rings is 9. The number of hydrogen-bond donors (Lipinski definition) is 0. The van der Waals surface area contributed by atoms with Gasteiger partial charge < -0.3 is 13.9 Å². The number of fused-ring (bicyclic) bond motifs is 8. The van der Waals surface area contributed by atoms with E-state index >= 15 is 0 Å². The largest absolute Gasteiger partial charge is 0.456 e. The Balaban J connectivity index is 1.02. The molecule has 3 nitrogen and oxygen atoms in total. The Morgan fingerprint density at radius 1 is 0.412 bits per heavy atom. The van der Waals surface area contributed by atoms with E-state index in [1.54, 1.807) is 11.1 Å². The molecule has 4 saturated carbocycles. The van der Waals surface area contributed by atoms with Crippen molar-refractivity contribution in [2.45, 2.75) is 37.5 Å². The zero-order chi connectivity index (χ0) is 44.6. The van der Waals surface area contributed by atoms with Crippen LogP contribution < -0.4 is 25.6 Å². The van der Waals surface area contributed by atoms with Crippen LogP contribution in [0.25, 0.3) is 49.4 Å². The smallest absolute Gasteiger partial charge is 0.184 e. The highest BCUT2D eigenvalue weighted by Gasteiger charge is 2.61. The fourth-order valence-electron chi connectivity index (χ4n) is 15.0. The van der Waals surface area contributed by atoms with Crippen LogP contribution in [0.3, 0.4) is 0 Å². The topological polar surface area (TPSA) is 21.3 Å². The van der Waals surface area contributed by atoms with Gasteiger partial charge >= 0.3 is 0 Å². The van der Waals surface area contributed by atoms with E-state index in [4.69, 9.17) is 4.42 Å². The fraction of sp³-hybridized carbons (Fsp3) is 0.156. The molecule has 2 aromatic heterocycles. The molecule has 1 aliphatic heterocycles. The van der Waals surface area contributed by atoms with Crippen molar-refractivity contribution in [3.8, 4) is 5.69 Å². The third-order valence-corrected chi connectivity index (χ3v) is 22.0. The summed E-state index contributed by atoms with van der Waals surface area (Å²) in [5.74, 6) is 3.17. The van der Waals surface area contributed by atoms with Crippen LogP contribution in [0.15, 0.2) is 223 Å². The van der Waals surface area contributed by atoms with Crippen molar-refractivity contribution in [3.63, 3.8) is 0 Å². The Morgan fingerprint density at radius 3 is 1.54 bits per heavy atom. The van der Waals surface area contributed by atoms with Crippen molar-refractivity contribution in [3.05, 3.63) is 230 Å². The molecule has 4 fully saturated rings. The first-order chi connectivity index (χ1) is 33.7. The Labute approximate surface area is 397 Å². The number of aromatic nitrogens is 1. The predicted octanol–water partition coefficient (Wildman–Crippen LogP) is 13.6. The number of para-hydroxylation sites is 4. The molecule has 16 rings (SSSR count). The van der Waals surface area contributed by atoms with Crippen molar-refractivity contribution >= 4 is 89.6 Å². The Bertz CT molecular complexity index is 3600. The molecular formula is C64H50N2OSi. The van der Waals surface area contributed by atoms with E-state index in [0.717, 1.165) is 39.5 Å². The van der Waals surface area contributed by atoms with Crippen LogP contribution in [0, 0.1) is 23.7 Å². The van der Waals surface area contributed by atoms with Crippen LogP contribution in [0.2, 0.25) is 0 Å². The molecule has 4 aliphatic carbocycles. The van der Waals surface area contributed by atoms with Gasteiger partial charge in [-0.15, -0.1) is 0 Å². The predicted molar refractivity (Wildman–Crippen MR) is 284 cm³/mol. The highest BCUT2D eigenvalue weighted by Crippen LogP contribution is 2.69. The summed E-state index contributed by atoms with van der Waals surface area (Å²) in [5, 5.41) is 9.96. The van der Waals surface area contributed by atoms with Crippen molar-refractivity contribution in [1.82, 2.24) is 4.57 Å². The highest BCUT2D eigenvalue weighted by molar-refractivity contribution is 7.20. The molecule has 11 aromatic rings. The normalized spacial score (nSPS) is 20.1. The second-order valence-corrected chi connectivity index (χ2v) is 24.2. The molecule has 4 heteroatoms. The molecular weight excluding hydrogens is 841 g/mol. The number of rotatable bonds is 6. The summed E-state index contributed by atoms with van der Waals surface area (Å²) < 4.78 is 9.72. The highest BCUT2D eigenvalue weighted by atomic mass is 28.3. The fourth-order valence-corrected chi connectivity index (χ4v) is 19.9. The lowest BCUT2D eigenvalue weighted by Crippen LogP contribution is -2.74. The summed E-state index contributed by atoms with van der Waals surface area (Å²) in [7, 11) is -3.07. The van der Waals surface area contributed by atoms with E-state index in [9.17, 15) is 0 Å². The summed E-state index contributed by atoms with van der Waals surface area (Å²) >= 11 is 0. The van der Waals surface area contributed by atoms with Crippen molar-refractivity contribution in [1.29, 1.82) is 0 Å². The molecule has 5 aliphatic rings. The van der Waals surface area contributed by atoms with Crippen LogP contribution in [-0.4, -0.2) is 12.6 Å². The van der Waals surface area contributed by atoms with Gasteiger partial charge in [0.2, 0.25) is 0 Å². The van der Waals surface area contributed by atoms with Gasteiger partial charge in [0.1, 0.15) is 11.2 Å². The minimum absolute atomic E-state index is 0.0575. The summed E-state index contributed by atoms with van der Waals surface area (Å²) in [6.45, 7) is 0. The Hall–Kier alpha value is -7.40. The van der Waals surface area contributed by atoms with E-state index in [1.165, 1.54) is 91.7 Å². The third-order valence-electron chi connectivity index (χ3n) is 17.3. The van der Waals surface area contributed by atoms with Gasteiger partial charge in [0.25, 0.3) is 0 Å². The van der Waals surface area contributed by atoms with E-state index in [-0.39, 0.29) is 5.41 Å². The quantitative estimate of drug-likeness (QED) is 0.123. The van der Waals surface area contributed by atoms with Gasteiger partial charge in [-0.25, -0.2) is 0 Å². The van der Waals surface area contributed by atoms with Gasteiger partial charge in [-0.2, -0.15) is 0 Å². The molecule has 68 heavy (non-hydrogen) atoms. The lowest BCUT2D eigenvalue weighted by Gasteiger charge is -2.64. The molecule has 0 amide bonds. The van der Waals surface area contributed by atoms with Crippen LogP contribution in [-0.2, 0) is 5.41 Å². The Kier molecular flexibility index (Phi) is 8.28. The minimum Gasteiger partial charge on any atom is -0.456 e.